The number of rotatable bonds is 13. The molecule has 0 spiro atoms. The topological polar surface area (TPSA) is 34.1 Å². The quantitative estimate of drug-likeness (QED) is 0.382. The normalized spacial score (nSPS) is 12.8. The van der Waals surface area contributed by atoms with Crippen LogP contribution in [0.4, 0.5) is 0 Å². The van der Waals surface area contributed by atoms with Crippen LogP contribution in [0.2, 0.25) is 13.3 Å². The first-order valence-electron chi connectivity index (χ1n) is 8.21. The molecular weight excluding hydrogens is 395 g/mol. The molecule has 0 N–H and O–H groups in total. The molecular formula is C15H34O2S2Sn. The van der Waals surface area contributed by atoms with E-state index in [2.05, 4.69) is 29.7 Å². The van der Waals surface area contributed by atoms with Gasteiger partial charge in [-0.3, -0.25) is 0 Å². The van der Waals surface area contributed by atoms with Crippen molar-refractivity contribution in [2.24, 2.45) is 0 Å². The Kier molecular flexibility index (Phi) is 12.3. The van der Waals surface area contributed by atoms with Crippen LogP contribution in [0.1, 0.15) is 59.3 Å². The molecule has 0 aromatic carbocycles. The second-order valence-electron chi connectivity index (χ2n) is 5.97. The fourth-order valence-corrected chi connectivity index (χ4v) is 28.1. The van der Waals surface area contributed by atoms with Crippen molar-refractivity contribution in [3.63, 3.8) is 0 Å². The van der Waals surface area contributed by atoms with Gasteiger partial charge in [0.1, 0.15) is 0 Å². The summed E-state index contributed by atoms with van der Waals surface area (Å²) in [6.07, 6.45) is 9.28. The van der Waals surface area contributed by atoms with Crippen LogP contribution < -0.4 is 0 Å². The molecule has 122 valence electrons. The van der Waals surface area contributed by atoms with Gasteiger partial charge < -0.3 is 0 Å². The van der Waals surface area contributed by atoms with Crippen molar-refractivity contribution in [3.05, 3.63) is 0 Å². The van der Waals surface area contributed by atoms with E-state index >= 15 is 0 Å². The minimum absolute atomic E-state index is 0.376. The molecule has 0 radical (unpaired) electrons. The average molecular weight is 429 g/mol. The number of hydrogen-bond acceptors (Lipinski definition) is 3. The summed E-state index contributed by atoms with van der Waals surface area (Å²) in [7, 11) is -0.649. The zero-order valence-corrected chi connectivity index (χ0v) is 18.4. The molecule has 0 fully saturated rings. The standard InChI is InChI=1S/3C4H9.C3H8O2S2.Sn/c3*1-3-4-2;1-7(4,5)3-2-6;/h3*1,3-4H2,2H3;6H,2-3H2,1H3;/q;;;;+1/p-1. The summed E-state index contributed by atoms with van der Waals surface area (Å²) in [6.45, 7) is 6.83. The summed E-state index contributed by atoms with van der Waals surface area (Å²) in [5.74, 6) is 1.23. The van der Waals surface area contributed by atoms with Gasteiger partial charge in [0.2, 0.25) is 0 Å². The van der Waals surface area contributed by atoms with Gasteiger partial charge in [-0.2, -0.15) is 0 Å². The Hall–Kier alpha value is 1.10. The molecule has 0 aliphatic carbocycles. The summed E-state index contributed by atoms with van der Waals surface area (Å²) in [5, 5.41) is 0. The van der Waals surface area contributed by atoms with Gasteiger partial charge in [-0.25, -0.2) is 0 Å². The van der Waals surface area contributed by atoms with Crippen LogP contribution in [0, 0.1) is 0 Å². The van der Waals surface area contributed by atoms with E-state index in [1.165, 1.54) is 58.1 Å². The summed E-state index contributed by atoms with van der Waals surface area (Å²) >= 11 is -2.14. The minimum atomic E-state index is -2.80. The van der Waals surface area contributed by atoms with Gasteiger partial charge >= 0.3 is 135 Å². The van der Waals surface area contributed by atoms with E-state index in [0.29, 0.717) is 5.75 Å². The van der Waals surface area contributed by atoms with Crippen LogP contribution >= 0.6 is 8.95 Å². The molecule has 0 amide bonds. The third-order valence-corrected chi connectivity index (χ3v) is 28.0. The van der Waals surface area contributed by atoms with E-state index in [1.54, 1.807) is 0 Å². The number of sulfone groups is 1. The Labute approximate surface area is 134 Å². The van der Waals surface area contributed by atoms with Gasteiger partial charge in [-0.05, 0) is 0 Å². The molecule has 0 aromatic heterocycles. The van der Waals surface area contributed by atoms with E-state index < -0.39 is 26.8 Å². The van der Waals surface area contributed by atoms with Crippen LogP contribution in [0.25, 0.3) is 0 Å². The monoisotopic (exact) mass is 430 g/mol. The Balaban J connectivity index is 4.65. The van der Waals surface area contributed by atoms with E-state index in [-0.39, 0.29) is 0 Å². The molecule has 20 heavy (non-hydrogen) atoms. The third-order valence-electron chi connectivity index (χ3n) is 3.82. The SMILES string of the molecule is CCC[CH2][Sn]([CH2]CCC)([CH2]CCC)[S]CCS(C)(=O)=O. The van der Waals surface area contributed by atoms with Crippen molar-refractivity contribution in [1.82, 2.24) is 0 Å². The van der Waals surface area contributed by atoms with Gasteiger partial charge in [0.05, 0.1) is 0 Å². The molecule has 0 bridgehead atoms. The first-order valence-corrected chi connectivity index (χ1v) is 20.8. The predicted octanol–water partition coefficient (Wildman–Crippen LogP) is 5.11. The molecule has 0 aromatic rings. The van der Waals surface area contributed by atoms with Gasteiger partial charge in [-0.15, -0.1) is 0 Å². The first kappa shape index (κ1) is 21.1. The summed E-state index contributed by atoms with van der Waals surface area (Å²) in [4.78, 5) is 0. The van der Waals surface area contributed by atoms with Crippen LogP contribution in [-0.4, -0.2) is 43.2 Å². The van der Waals surface area contributed by atoms with Gasteiger partial charge in [0.25, 0.3) is 0 Å². The van der Waals surface area contributed by atoms with Crippen LogP contribution in [-0.2, 0) is 9.84 Å². The van der Waals surface area contributed by atoms with E-state index in [9.17, 15) is 8.42 Å². The predicted molar refractivity (Wildman–Crippen MR) is 97.1 cm³/mol. The molecule has 0 atom stereocenters. The summed E-state index contributed by atoms with van der Waals surface area (Å²) in [6, 6.07) is 0. The van der Waals surface area contributed by atoms with Crippen molar-refractivity contribution < 1.29 is 8.42 Å². The second-order valence-corrected chi connectivity index (χ2v) is 28.2. The molecule has 5 heteroatoms. The number of hydrogen-bond donors (Lipinski definition) is 0. The van der Waals surface area contributed by atoms with Gasteiger partial charge in [0.15, 0.2) is 0 Å². The van der Waals surface area contributed by atoms with E-state index in [0.717, 1.165) is 5.75 Å². The number of unbranched alkanes of at least 4 members (excludes halogenated alkanes) is 3. The zero-order chi connectivity index (χ0) is 15.5. The van der Waals surface area contributed by atoms with E-state index in [4.69, 9.17) is 0 Å². The Bertz CT molecular complexity index is 307. The molecule has 0 saturated heterocycles. The second kappa shape index (κ2) is 11.6. The third kappa shape index (κ3) is 10.8. The van der Waals surface area contributed by atoms with Gasteiger partial charge in [-0.1, -0.05) is 0 Å². The summed E-state index contributed by atoms with van der Waals surface area (Å²) < 4.78 is 27.1. The molecule has 0 unspecified atom stereocenters. The Morgan fingerprint density at radius 2 is 1.25 bits per heavy atom. The fourth-order valence-electron chi connectivity index (χ4n) is 2.50. The molecule has 2 nitrogen and oxygen atoms in total. The molecule has 0 saturated carbocycles. The van der Waals surface area contributed by atoms with Crippen molar-refractivity contribution in [1.29, 1.82) is 0 Å². The maximum atomic E-state index is 11.4. The van der Waals surface area contributed by atoms with Crippen molar-refractivity contribution in [2.45, 2.75) is 72.6 Å². The van der Waals surface area contributed by atoms with Crippen LogP contribution in [0.15, 0.2) is 0 Å². The van der Waals surface area contributed by atoms with Crippen molar-refractivity contribution >= 4 is 35.8 Å². The van der Waals surface area contributed by atoms with E-state index in [1.807, 2.05) is 0 Å². The summed E-state index contributed by atoms with van der Waals surface area (Å²) in [5.41, 5.74) is 0. The zero-order valence-electron chi connectivity index (χ0n) is 13.9. The Morgan fingerprint density at radius 1 is 0.850 bits per heavy atom. The maximum absolute atomic E-state index is 11.4. The molecule has 0 rings (SSSR count). The Morgan fingerprint density at radius 3 is 1.55 bits per heavy atom. The van der Waals surface area contributed by atoms with Gasteiger partial charge in [0, 0.05) is 0 Å². The molecule has 0 aliphatic rings. The van der Waals surface area contributed by atoms with Crippen LogP contribution in [0.5, 0.6) is 0 Å². The van der Waals surface area contributed by atoms with Crippen LogP contribution in [0.3, 0.4) is 0 Å². The van der Waals surface area contributed by atoms with Crippen molar-refractivity contribution in [2.75, 3.05) is 17.8 Å². The molecule has 0 aliphatic heterocycles. The average Bonchev–Trinajstić information content (AvgIpc) is 2.38. The first-order chi connectivity index (χ1) is 9.39. The fraction of sp³-hybridized carbons (Fsp3) is 1.00. The van der Waals surface area contributed by atoms with Crippen molar-refractivity contribution in [3.8, 4) is 0 Å². The molecule has 0 heterocycles.